The highest BCUT2D eigenvalue weighted by atomic mass is 16.6. The molecule has 29 heavy (non-hydrogen) atoms. The molecule has 1 aliphatic rings. The summed E-state index contributed by atoms with van der Waals surface area (Å²) in [6.45, 7) is 12.0. The highest BCUT2D eigenvalue weighted by Crippen LogP contribution is 2.33. The monoisotopic (exact) mass is 407 g/mol. The predicted octanol–water partition coefficient (Wildman–Crippen LogP) is 3.31. The van der Waals surface area contributed by atoms with Crippen molar-refractivity contribution in [2.24, 2.45) is 0 Å². The Bertz CT molecular complexity index is 828. The number of carboxylic acids is 1. The van der Waals surface area contributed by atoms with Gasteiger partial charge in [0.05, 0.1) is 12.0 Å². The number of piperidine rings is 1. The van der Waals surface area contributed by atoms with Crippen LogP contribution in [0.1, 0.15) is 70.4 Å². The van der Waals surface area contributed by atoms with Gasteiger partial charge in [0, 0.05) is 37.7 Å². The minimum atomic E-state index is -1.11. The van der Waals surface area contributed by atoms with E-state index in [0.29, 0.717) is 31.5 Å². The fraction of sp³-hybridized carbons (Fsp3) is 0.700. The molecule has 0 unspecified atom stereocenters. The van der Waals surface area contributed by atoms with Crippen LogP contribution in [0, 0.1) is 6.26 Å². The van der Waals surface area contributed by atoms with E-state index in [4.69, 9.17) is 4.74 Å². The van der Waals surface area contributed by atoms with Crippen LogP contribution >= 0.6 is 0 Å². The topological polar surface area (TPSA) is 109 Å². The molecule has 0 aromatic carbocycles. The van der Waals surface area contributed by atoms with Crippen LogP contribution in [-0.2, 0) is 16.7 Å². The van der Waals surface area contributed by atoms with Gasteiger partial charge >= 0.3 is 18.3 Å². The van der Waals surface area contributed by atoms with E-state index in [-0.39, 0.29) is 17.7 Å². The van der Waals surface area contributed by atoms with Crippen molar-refractivity contribution in [2.75, 3.05) is 13.1 Å². The van der Waals surface area contributed by atoms with Crippen molar-refractivity contribution < 1.29 is 24.5 Å². The van der Waals surface area contributed by atoms with Gasteiger partial charge in [-0.3, -0.25) is 4.68 Å². The lowest BCUT2D eigenvalue weighted by Gasteiger charge is -2.33. The number of amides is 1. The van der Waals surface area contributed by atoms with E-state index in [9.17, 15) is 19.8 Å². The number of carbonyl (C=O) groups is 2. The summed E-state index contributed by atoms with van der Waals surface area (Å²) in [7, 11) is 0. The molecule has 160 valence electrons. The number of hydrogen-bond acceptors (Lipinski definition) is 5. The van der Waals surface area contributed by atoms with Gasteiger partial charge in [0.1, 0.15) is 5.60 Å². The van der Waals surface area contributed by atoms with Crippen LogP contribution in [0.4, 0.5) is 4.79 Å². The van der Waals surface area contributed by atoms with E-state index in [1.165, 1.54) is 0 Å². The van der Waals surface area contributed by atoms with Crippen molar-refractivity contribution in [3.63, 3.8) is 0 Å². The summed E-state index contributed by atoms with van der Waals surface area (Å²) >= 11 is 0. The number of hydrogen-bond donors (Lipinski definition) is 2. The Labute approximate surface area is 171 Å². The van der Waals surface area contributed by atoms with Gasteiger partial charge in [0.25, 0.3) is 5.54 Å². The Morgan fingerprint density at radius 3 is 2.28 bits per heavy atom. The van der Waals surface area contributed by atoms with Gasteiger partial charge in [-0.15, -0.1) is 0 Å². The van der Waals surface area contributed by atoms with E-state index in [1.807, 2.05) is 47.8 Å². The van der Waals surface area contributed by atoms with Crippen LogP contribution in [0.5, 0.6) is 0 Å². The fourth-order valence-corrected chi connectivity index (χ4v) is 3.28. The average Bonchev–Trinajstić information content (AvgIpc) is 2.98. The van der Waals surface area contributed by atoms with Gasteiger partial charge in [0.15, 0.2) is 5.69 Å². The number of aliphatic hydroxyl groups excluding tert-OH is 1. The third kappa shape index (κ3) is 5.62. The fourth-order valence-electron chi connectivity index (χ4n) is 3.28. The molecule has 0 spiro atoms. The van der Waals surface area contributed by atoms with Crippen molar-refractivity contribution in [1.29, 1.82) is 0 Å². The first-order valence-electron chi connectivity index (χ1n) is 9.68. The number of likely N-dealkylation sites (tertiary alicyclic amines) is 1. The molecule has 2 rings (SSSR count). The number of aromatic carboxylic acids is 1. The zero-order valence-corrected chi connectivity index (χ0v) is 18.0. The smallest absolute Gasteiger partial charge is 0.476 e. The van der Waals surface area contributed by atoms with Crippen molar-refractivity contribution in [2.45, 2.75) is 77.5 Å². The number of carboxylic acid groups (broad SMARTS) is 1. The largest absolute Gasteiger partial charge is 0.512 e. The second kappa shape index (κ2) is 7.93. The van der Waals surface area contributed by atoms with Gasteiger partial charge in [0.2, 0.25) is 0 Å². The van der Waals surface area contributed by atoms with E-state index in [0.717, 1.165) is 0 Å². The zero-order valence-electron chi connectivity index (χ0n) is 18.0. The molecule has 0 bridgehead atoms. The predicted molar refractivity (Wildman–Crippen MR) is 107 cm³/mol. The van der Waals surface area contributed by atoms with Crippen LogP contribution in [0.2, 0.25) is 0 Å². The van der Waals surface area contributed by atoms with Crippen LogP contribution in [0.25, 0.3) is 4.85 Å². The lowest BCUT2D eigenvalue weighted by molar-refractivity contribution is 0.0183. The van der Waals surface area contributed by atoms with Crippen LogP contribution in [-0.4, -0.2) is 61.2 Å². The molecule has 1 saturated heterocycles. The molecule has 2 N–H and O–H groups in total. The van der Waals surface area contributed by atoms with Crippen molar-refractivity contribution in [1.82, 2.24) is 14.7 Å². The summed E-state index contributed by atoms with van der Waals surface area (Å²) in [6, 6.07) is 0. The lowest BCUT2D eigenvalue weighted by atomic mass is 9.82. The molecule has 1 aromatic heterocycles. The van der Waals surface area contributed by atoms with Crippen molar-refractivity contribution in [3.05, 3.63) is 22.3 Å². The van der Waals surface area contributed by atoms with Crippen molar-refractivity contribution >= 4 is 12.1 Å². The first kappa shape index (κ1) is 22.5. The van der Waals surface area contributed by atoms with Crippen molar-refractivity contribution in [3.8, 4) is 6.26 Å². The van der Waals surface area contributed by atoms with E-state index >= 15 is 0 Å². The summed E-state index contributed by atoms with van der Waals surface area (Å²) in [4.78, 5) is 29.8. The lowest BCUT2D eigenvalue weighted by Crippen LogP contribution is -2.47. The second-order valence-corrected chi connectivity index (χ2v) is 9.50. The number of aromatic nitrogens is 2. The Balaban J connectivity index is 2.24. The molecule has 1 fully saturated rings. The Morgan fingerprint density at radius 1 is 1.24 bits per heavy atom. The quantitative estimate of drug-likeness (QED) is 0.744. The summed E-state index contributed by atoms with van der Waals surface area (Å²) in [5.41, 5.74) is -1.20. The second-order valence-electron chi connectivity index (χ2n) is 9.50. The zero-order chi connectivity index (χ0) is 22.0. The van der Waals surface area contributed by atoms with Gasteiger partial charge < -0.3 is 19.8 Å². The minimum absolute atomic E-state index is 0.0259. The number of carbonyl (C=O) groups excluding carboxylic acids is 1. The Hall–Kier alpha value is -2.76. The molecule has 0 aliphatic carbocycles. The van der Waals surface area contributed by atoms with E-state index < -0.39 is 23.2 Å². The van der Waals surface area contributed by atoms with Gasteiger partial charge in [-0.2, -0.15) is 5.10 Å². The molecule has 1 aromatic rings. The Morgan fingerprint density at radius 2 is 1.83 bits per heavy atom. The molecule has 0 radical (unpaired) electrons. The van der Waals surface area contributed by atoms with Crippen LogP contribution in [0.15, 0.2) is 6.20 Å². The summed E-state index contributed by atoms with van der Waals surface area (Å²) in [5.74, 6) is -1.11. The number of aliphatic hydroxyl groups is 1. The maximum Gasteiger partial charge on any atom is 0.512 e. The first-order valence-corrected chi connectivity index (χ1v) is 9.68. The maximum absolute atomic E-state index is 12.3. The highest BCUT2D eigenvalue weighted by Gasteiger charge is 2.47. The van der Waals surface area contributed by atoms with E-state index in [1.54, 1.807) is 15.8 Å². The standard InChI is InChI=1S/C20H30N4O5/c1-18(2,3)24-12-14(15(22-24)16(26)27)11-20(21-13-25)7-9-23(10-8-20)17(28)29-19(4,5)6/h12H,7-11H2,1-6H3,(H,26,27)/p+1. The van der Waals surface area contributed by atoms with Crippen LogP contribution < -0.4 is 0 Å². The molecular weight excluding hydrogens is 376 g/mol. The molecule has 0 saturated carbocycles. The molecular formula is C20H31N4O5+. The average molecular weight is 407 g/mol. The molecule has 0 atom stereocenters. The molecule has 1 amide bonds. The minimum Gasteiger partial charge on any atom is -0.476 e. The summed E-state index contributed by atoms with van der Waals surface area (Å²) in [5, 5.41) is 23.0. The maximum atomic E-state index is 12.3. The Kier molecular flexibility index (Phi) is 6.16. The van der Waals surface area contributed by atoms with Gasteiger partial charge in [-0.25, -0.2) is 9.59 Å². The third-order valence-electron chi connectivity index (χ3n) is 4.83. The van der Waals surface area contributed by atoms with Gasteiger partial charge in [-0.1, -0.05) is 0 Å². The molecule has 9 heteroatoms. The highest BCUT2D eigenvalue weighted by molar-refractivity contribution is 5.87. The SMILES string of the molecule is CC(C)(C)OC(=O)N1CCC(Cc2cn(C(C)(C)C)nc2C(=O)O)([N+]#CO)CC1. The molecule has 2 heterocycles. The van der Waals surface area contributed by atoms with Gasteiger partial charge in [-0.05, 0) is 46.4 Å². The third-order valence-corrected chi connectivity index (χ3v) is 4.83. The number of ether oxygens (including phenoxy) is 1. The number of rotatable bonds is 3. The van der Waals surface area contributed by atoms with E-state index in [2.05, 4.69) is 9.94 Å². The first-order chi connectivity index (χ1) is 13.3. The summed E-state index contributed by atoms with van der Waals surface area (Å²) in [6.07, 6.45) is 4.38. The molecule has 1 aliphatic heterocycles. The normalized spacial score (nSPS) is 16.7. The number of nitrogens with zero attached hydrogens (tertiary/aromatic N) is 4. The van der Waals surface area contributed by atoms with Crippen LogP contribution in [0.3, 0.4) is 0 Å². The molecule has 9 nitrogen and oxygen atoms in total. The summed E-state index contributed by atoms with van der Waals surface area (Å²) < 4.78 is 7.04.